The van der Waals surface area contributed by atoms with Crippen LogP contribution in [0.15, 0.2) is 41.2 Å². The van der Waals surface area contributed by atoms with E-state index in [0.29, 0.717) is 18.0 Å². The topological polar surface area (TPSA) is 93.8 Å². The van der Waals surface area contributed by atoms with Gasteiger partial charge in [0.1, 0.15) is 5.69 Å². The monoisotopic (exact) mass is 349 g/mol. The number of aryl methyl sites for hydroxylation is 2. The maximum Gasteiger partial charge on any atom is 0.267 e. The van der Waals surface area contributed by atoms with Crippen molar-refractivity contribution in [2.75, 3.05) is 0 Å². The Hall–Kier alpha value is -3.09. The van der Waals surface area contributed by atoms with Gasteiger partial charge in [0, 0.05) is 12.4 Å². The van der Waals surface area contributed by atoms with Gasteiger partial charge < -0.3 is 9.73 Å². The van der Waals surface area contributed by atoms with Crippen LogP contribution < -0.4 is 5.32 Å². The van der Waals surface area contributed by atoms with E-state index in [-0.39, 0.29) is 18.3 Å². The first-order valence-electron chi connectivity index (χ1n) is 8.74. The van der Waals surface area contributed by atoms with Gasteiger partial charge in [0.15, 0.2) is 0 Å². The zero-order chi connectivity index (χ0) is 17.8. The first kappa shape index (κ1) is 16.4. The van der Waals surface area contributed by atoms with Gasteiger partial charge in [0.05, 0.1) is 19.2 Å². The molecule has 0 fully saturated rings. The molecule has 0 aliphatic heterocycles. The van der Waals surface area contributed by atoms with E-state index in [2.05, 4.69) is 37.6 Å². The highest BCUT2D eigenvalue weighted by Crippen LogP contribution is 2.22. The molecular weight excluding hydrogens is 330 g/mol. The summed E-state index contributed by atoms with van der Waals surface area (Å²) in [4.78, 5) is 20.3. The van der Waals surface area contributed by atoms with Crippen molar-refractivity contribution >= 4 is 5.91 Å². The van der Waals surface area contributed by atoms with Crippen molar-refractivity contribution in [3.63, 3.8) is 0 Å². The minimum absolute atomic E-state index is 0.0694. The summed E-state index contributed by atoms with van der Waals surface area (Å²) >= 11 is 0. The van der Waals surface area contributed by atoms with Crippen molar-refractivity contribution in [3.05, 3.63) is 59.4 Å². The highest BCUT2D eigenvalue weighted by molar-refractivity contribution is 5.78. The zero-order valence-electron chi connectivity index (χ0n) is 14.3. The van der Waals surface area contributed by atoms with Gasteiger partial charge >= 0.3 is 0 Å². The minimum Gasteiger partial charge on any atom is -0.417 e. The van der Waals surface area contributed by atoms with Crippen LogP contribution in [0.4, 0.5) is 0 Å². The van der Waals surface area contributed by atoms with Gasteiger partial charge in [-0.1, -0.05) is 18.2 Å². The number of carbonyl (C=O) groups excluding carboxylic acids is 1. The number of aromatic nitrogens is 4. The fraction of sp³-hybridized carbons (Fsp3) is 0.316. The first-order valence-corrected chi connectivity index (χ1v) is 8.74. The summed E-state index contributed by atoms with van der Waals surface area (Å²) in [6.07, 6.45) is 9.76. The second-order valence-electron chi connectivity index (χ2n) is 6.36. The Kier molecular flexibility index (Phi) is 4.68. The number of rotatable bonds is 5. The highest BCUT2D eigenvalue weighted by atomic mass is 16.4. The van der Waals surface area contributed by atoms with Gasteiger partial charge in [-0.3, -0.25) is 9.78 Å². The molecular formula is C19H19N5O2. The van der Waals surface area contributed by atoms with Gasteiger partial charge in [-0.05, 0) is 42.4 Å². The molecule has 0 unspecified atom stereocenters. The maximum absolute atomic E-state index is 12.2. The molecule has 2 heterocycles. The lowest BCUT2D eigenvalue weighted by atomic mass is 9.90. The fourth-order valence-corrected chi connectivity index (χ4v) is 3.16. The van der Waals surface area contributed by atoms with E-state index in [9.17, 15) is 4.79 Å². The van der Waals surface area contributed by atoms with Gasteiger partial charge in [0.2, 0.25) is 11.8 Å². The number of nitrogens with one attached hydrogen (secondary N) is 1. The molecule has 0 saturated heterocycles. The van der Waals surface area contributed by atoms with Crippen molar-refractivity contribution < 1.29 is 9.21 Å². The van der Waals surface area contributed by atoms with E-state index in [1.54, 1.807) is 18.6 Å². The molecule has 1 aliphatic rings. The predicted octanol–water partition coefficient (Wildman–Crippen LogP) is 2.26. The largest absolute Gasteiger partial charge is 0.417 e. The lowest BCUT2D eigenvalue weighted by Gasteiger charge is -2.16. The number of hydrogen-bond donors (Lipinski definition) is 1. The smallest absolute Gasteiger partial charge is 0.267 e. The number of hydrogen-bond acceptors (Lipinski definition) is 6. The Morgan fingerprint density at radius 1 is 1.12 bits per heavy atom. The predicted molar refractivity (Wildman–Crippen MR) is 94.0 cm³/mol. The van der Waals surface area contributed by atoms with Crippen molar-refractivity contribution in [1.29, 1.82) is 0 Å². The molecule has 1 N–H and O–H groups in total. The maximum atomic E-state index is 12.2. The van der Waals surface area contributed by atoms with Gasteiger partial charge in [-0.2, -0.15) is 0 Å². The number of amides is 1. The van der Waals surface area contributed by atoms with Crippen LogP contribution in [-0.4, -0.2) is 26.1 Å². The Morgan fingerprint density at radius 3 is 2.85 bits per heavy atom. The molecule has 0 saturated carbocycles. The molecule has 1 amide bonds. The van der Waals surface area contributed by atoms with Crippen LogP contribution in [0.2, 0.25) is 0 Å². The van der Waals surface area contributed by atoms with E-state index < -0.39 is 0 Å². The van der Waals surface area contributed by atoms with Crippen LogP contribution in [0.3, 0.4) is 0 Å². The number of benzene rings is 1. The van der Waals surface area contributed by atoms with Gasteiger partial charge in [-0.15, -0.1) is 10.2 Å². The quantitative estimate of drug-likeness (QED) is 0.759. The number of carbonyl (C=O) groups is 1. The van der Waals surface area contributed by atoms with Crippen molar-refractivity contribution in [2.24, 2.45) is 0 Å². The SMILES string of the molecule is O=C(Cc1ccc2c(c1)CCCC2)NCc1nnc(-c2cnccn2)o1. The van der Waals surface area contributed by atoms with Crippen LogP contribution in [0.1, 0.15) is 35.4 Å². The molecule has 0 atom stereocenters. The molecule has 7 nitrogen and oxygen atoms in total. The summed E-state index contributed by atoms with van der Waals surface area (Å²) in [7, 11) is 0. The lowest BCUT2D eigenvalue weighted by Crippen LogP contribution is -2.24. The average Bonchev–Trinajstić information content (AvgIpc) is 3.16. The third kappa shape index (κ3) is 3.77. The minimum atomic E-state index is -0.0694. The molecule has 0 bridgehead atoms. The van der Waals surface area contributed by atoms with E-state index in [1.165, 1.54) is 24.0 Å². The Labute approximate surface area is 150 Å². The van der Waals surface area contributed by atoms with Crippen LogP contribution in [0, 0.1) is 0 Å². The molecule has 1 aromatic carbocycles. The van der Waals surface area contributed by atoms with Gasteiger partial charge in [0.25, 0.3) is 5.89 Å². The van der Waals surface area contributed by atoms with E-state index >= 15 is 0 Å². The molecule has 4 rings (SSSR count). The summed E-state index contributed by atoms with van der Waals surface area (Å²) in [5.74, 6) is 0.557. The average molecular weight is 349 g/mol. The molecule has 26 heavy (non-hydrogen) atoms. The Bertz CT molecular complexity index is 907. The second kappa shape index (κ2) is 7.43. The molecule has 3 aromatic rings. The Balaban J connectivity index is 1.34. The normalized spacial score (nSPS) is 13.2. The third-order valence-electron chi connectivity index (χ3n) is 4.46. The standard InChI is InChI=1S/C19H19N5O2/c25-17(10-13-5-6-14-3-1-2-4-15(14)9-13)22-12-18-23-24-19(26-18)16-11-20-7-8-21-16/h5-9,11H,1-4,10,12H2,(H,22,25). The van der Waals surface area contributed by atoms with Crippen LogP contribution >= 0.6 is 0 Å². The highest BCUT2D eigenvalue weighted by Gasteiger charge is 2.13. The summed E-state index contributed by atoms with van der Waals surface area (Å²) in [6.45, 7) is 0.192. The summed E-state index contributed by atoms with van der Waals surface area (Å²) in [5.41, 5.74) is 4.34. The molecule has 0 radical (unpaired) electrons. The number of fused-ring (bicyclic) bond motifs is 1. The summed E-state index contributed by atoms with van der Waals surface area (Å²) in [6, 6.07) is 6.36. The van der Waals surface area contributed by atoms with E-state index in [4.69, 9.17) is 4.42 Å². The molecule has 0 spiro atoms. The zero-order valence-corrected chi connectivity index (χ0v) is 14.3. The van der Waals surface area contributed by atoms with E-state index in [1.807, 2.05) is 6.07 Å². The van der Waals surface area contributed by atoms with Crippen LogP contribution in [0.25, 0.3) is 11.6 Å². The first-order chi connectivity index (χ1) is 12.8. The molecule has 2 aromatic heterocycles. The van der Waals surface area contributed by atoms with E-state index in [0.717, 1.165) is 18.4 Å². The van der Waals surface area contributed by atoms with Crippen LogP contribution in [0.5, 0.6) is 0 Å². The fourth-order valence-electron chi connectivity index (χ4n) is 3.16. The molecule has 7 heteroatoms. The Morgan fingerprint density at radius 2 is 2.00 bits per heavy atom. The van der Waals surface area contributed by atoms with Crippen molar-refractivity contribution in [2.45, 2.75) is 38.6 Å². The number of nitrogens with zero attached hydrogens (tertiary/aromatic N) is 4. The second-order valence-corrected chi connectivity index (χ2v) is 6.36. The van der Waals surface area contributed by atoms with Crippen molar-refractivity contribution in [1.82, 2.24) is 25.5 Å². The van der Waals surface area contributed by atoms with Crippen LogP contribution in [-0.2, 0) is 30.6 Å². The molecule has 1 aliphatic carbocycles. The molecule has 132 valence electrons. The lowest BCUT2D eigenvalue weighted by molar-refractivity contribution is -0.120. The van der Waals surface area contributed by atoms with Crippen molar-refractivity contribution in [3.8, 4) is 11.6 Å². The summed E-state index contributed by atoms with van der Waals surface area (Å²) < 4.78 is 5.51. The summed E-state index contributed by atoms with van der Waals surface area (Å²) in [5, 5.41) is 10.7. The third-order valence-corrected chi connectivity index (χ3v) is 4.46. The van der Waals surface area contributed by atoms with Gasteiger partial charge in [-0.25, -0.2) is 4.98 Å².